The minimum Gasteiger partial charge on any atom is -0.489 e. The number of carbonyl (C=O) groups is 1. The second-order valence-corrected chi connectivity index (χ2v) is 6.04. The topological polar surface area (TPSA) is 41.6 Å². The Hall–Kier alpha value is -1.71. The first kappa shape index (κ1) is 13.3. The summed E-state index contributed by atoms with van der Waals surface area (Å²) >= 11 is 0. The number of para-hydroxylation sites is 1. The predicted octanol–water partition coefficient (Wildman–Crippen LogP) is 2.75. The maximum Gasteiger partial charge on any atom is 0.257 e. The predicted molar refractivity (Wildman–Crippen MR) is 79.3 cm³/mol. The van der Waals surface area contributed by atoms with Gasteiger partial charge in [0.2, 0.25) is 0 Å². The molecule has 1 aliphatic carbocycles. The molecule has 20 heavy (non-hydrogen) atoms. The summed E-state index contributed by atoms with van der Waals surface area (Å²) in [4.78, 5) is 14.9. The third-order valence-electron chi connectivity index (χ3n) is 3.72. The molecule has 4 nitrogen and oxygen atoms in total. The summed E-state index contributed by atoms with van der Waals surface area (Å²) in [5.74, 6) is 1.32. The van der Waals surface area contributed by atoms with Crippen LogP contribution < -0.4 is 10.1 Å². The van der Waals surface area contributed by atoms with Gasteiger partial charge in [-0.1, -0.05) is 19.9 Å². The van der Waals surface area contributed by atoms with Gasteiger partial charge < -0.3 is 15.0 Å². The van der Waals surface area contributed by atoms with Crippen molar-refractivity contribution in [3.8, 4) is 5.75 Å². The molecule has 4 heteroatoms. The van der Waals surface area contributed by atoms with Gasteiger partial charge in [0.15, 0.2) is 5.75 Å². The Morgan fingerprint density at radius 1 is 1.45 bits per heavy atom. The maximum atomic E-state index is 12.9. The summed E-state index contributed by atoms with van der Waals surface area (Å²) in [6.07, 6.45) is 2.26. The van der Waals surface area contributed by atoms with Crippen molar-refractivity contribution >= 4 is 11.6 Å². The maximum absolute atomic E-state index is 12.9. The summed E-state index contributed by atoms with van der Waals surface area (Å²) in [5.41, 5.74) is 1.63. The molecule has 2 aliphatic rings. The molecule has 0 aromatic heterocycles. The lowest BCUT2D eigenvalue weighted by Gasteiger charge is -2.27. The summed E-state index contributed by atoms with van der Waals surface area (Å²) < 4.78 is 5.72. The number of carbonyl (C=O) groups excluding carboxylic acids is 1. The molecule has 1 aromatic carbocycles. The summed E-state index contributed by atoms with van der Waals surface area (Å²) in [7, 11) is 0. The van der Waals surface area contributed by atoms with E-state index in [0.29, 0.717) is 24.1 Å². The minimum absolute atomic E-state index is 0.113. The van der Waals surface area contributed by atoms with Crippen molar-refractivity contribution in [2.45, 2.75) is 32.7 Å². The Bertz CT molecular complexity index is 509. The number of fused-ring (bicyclic) bond motifs is 1. The van der Waals surface area contributed by atoms with Crippen LogP contribution in [0.25, 0.3) is 0 Å². The highest BCUT2D eigenvalue weighted by atomic mass is 16.5. The number of amides is 1. The van der Waals surface area contributed by atoms with Gasteiger partial charge >= 0.3 is 0 Å². The fraction of sp³-hybridized carbons (Fsp3) is 0.562. The van der Waals surface area contributed by atoms with Gasteiger partial charge in [-0.05, 0) is 30.9 Å². The molecule has 0 spiro atoms. The van der Waals surface area contributed by atoms with Crippen LogP contribution in [0, 0.1) is 5.92 Å². The molecule has 1 fully saturated rings. The molecule has 0 bridgehead atoms. The molecule has 1 saturated carbocycles. The lowest BCUT2D eigenvalue weighted by molar-refractivity contribution is 0.0718. The van der Waals surface area contributed by atoms with E-state index < -0.39 is 0 Å². The first-order valence-electron chi connectivity index (χ1n) is 7.47. The highest BCUT2D eigenvalue weighted by molar-refractivity contribution is 5.99. The molecule has 0 unspecified atom stereocenters. The van der Waals surface area contributed by atoms with Gasteiger partial charge in [0.1, 0.15) is 6.61 Å². The van der Waals surface area contributed by atoms with Crippen molar-refractivity contribution in [3.05, 3.63) is 23.8 Å². The quantitative estimate of drug-likeness (QED) is 0.918. The van der Waals surface area contributed by atoms with Crippen LogP contribution >= 0.6 is 0 Å². The van der Waals surface area contributed by atoms with Gasteiger partial charge in [0.05, 0.1) is 11.3 Å². The van der Waals surface area contributed by atoms with Crippen molar-refractivity contribution in [2.75, 3.05) is 25.0 Å². The number of ether oxygens (including phenoxy) is 1. The fourth-order valence-electron chi connectivity index (χ4n) is 2.67. The number of nitrogens with one attached hydrogen (secondary N) is 1. The molecule has 1 heterocycles. The van der Waals surface area contributed by atoms with Crippen molar-refractivity contribution < 1.29 is 9.53 Å². The zero-order chi connectivity index (χ0) is 14.1. The molecule has 0 saturated heterocycles. The van der Waals surface area contributed by atoms with E-state index >= 15 is 0 Å². The van der Waals surface area contributed by atoms with E-state index in [2.05, 4.69) is 19.2 Å². The summed E-state index contributed by atoms with van der Waals surface area (Å²) in [6, 6.07) is 6.20. The van der Waals surface area contributed by atoms with Crippen LogP contribution in [0.5, 0.6) is 5.75 Å². The number of nitrogens with zero attached hydrogens (tertiary/aromatic N) is 1. The van der Waals surface area contributed by atoms with Crippen LogP contribution in [0.4, 0.5) is 5.69 Å². The van der Waals surface area contributed by atoms with Crippen LogP contribution in [0.3, 0.4) is 0 Å². The average Bonchev–Trinajstić information content (AvgIpc) is 3.28. The van der Waals surface area contributed by atoms with Crippen molar-refractivity contribution in [3.63, 3.8) is 0 Å². The standard InChI is InChI=1S/C16H22N2O2/c1-11(2)10-18(12-6-7-12)16(19)13-4-3-5-14-15(13)20-9-8-17-14/h3-5,11-12,17H,6-10H2,1-2H3. The van der Waals surface area contributed by atoms with Gasteiger partial charge in [0, 0.05) is 19.1 Å². The van der Waals surface area contributed by atoms with E-state index in [1.54, 1.807) is 0 Å². The largest absolute Gasteiger partial charge is 0.489 e. The molecule has 0 atom stereocenters. The summed E-state index contributed by atoms with van der Waals surface area (Å²) in [5, 5.41) is 3.29. The van der Waals surface area contributed by atoms with Crippen molar-refractivity contribution in [2.24, 2.45) is 5.92 Å². The highest BCUT2D eigenvalue weighted by Gasteiger charge is 2.34. The van der Waals surface area contributed by atoms with E-state index in [4.69, 9.17) is 4.74 Å². The second kappa shape index (κ2) is 5.35. The number of hydrogen-bond acceptors (Lipinski definition) is 3. The minimum atomic E-state index is 0.113. The molecular formula is C16H22N2O2. The van der Waals surface area contributed by atoms with Gasteiger partial charge in [0.25, 0.3) is 5.91 Å². The van der Waals surface area contributed by atoms with Crippen LogP contribution in [0.15, 0.2) is 18.2 Å². The molecule has 1 aliphatic heterocycles. The molecule has 3 rings (SSSR count). The van der Waals surface area contributed by atoms with Crippen LogP contribution in [-0.4, -0.2) is 36.5 Å². The van der Waals surface area contributed by atoms with E-state index in [-0.39, 0.29) is 5.91 Å². The van der Waals surface area contributed by atoms with E-state index in [1.807, 2.05) is 23.1 Å². The highest BCUT2D eigenvalue weighted by Crippen LogP contribution is 2.35. The van der Waals surface area contributed by atoms with Crippen LogP contribution in [0.1, 0.15) is 37.0 Å². The van der Waals surface area contributed by atoms with E-state index in [1.165, 1.54) is 0 Å². The first-order chi connectivity index (χ1) is 9.66. The van der Waals surface area contributed by atoms with Crippen molar-refractivity contribution in [1.82, 2.24) is 4.90 Å². The lowest BCUT2D eigenvalue weighted by Crippen LogP contribution is -2.36. The van der Waals surface area contributed by atoms with E-state index in [9.17, 15) is 4.79 Å². The number of rotatable bonds is 4. The van der Waals surface area contributed by atoms with Gasteiger partial charge in [-0.2, -0.15) is 0 Å². The van der Waals surface area contributed by atoms with E-state index in [0.717, 1.165) is 37.4 Å². The number of anilines is 1. The number of benzene rings is 1. The Morgan fingerprint density at radius 2 is 2.25 bits per heavy atom. The Labute approximate surface area is 120 Å². The third-order valence-corrected chi connectivity index (χ3v) is 3.72. The molecule has 1 amide bonds. The first-order valence-corrected chi connectivity index (χ1v) is 7.47. The SMILES string of the molecule is CC(C)CN(C(=O)c1cccc2c1OCCN2)C1CC1. The Morgan fingerprint density at radius 3 is 2.95 bits per heavy atom. The molecule has 0 radical (unpaired) electrons. The van der Waals surface area contributed by atoms with Crippen LogP contribution in [0.2, 0.25) is 0 Å². The third kappa shape index (κ3) is 2.60. The molecule has 108 valence electrons. The Kier molecular flexibility index (Phi) is 3.55. The zero-order valence-electron chi connectivity index (χ0n) is 12.2. The van der Waals surface area contributed by atoms with Crippen LogP contribution in [-0.2, 0) is 0 Å². The smallest absolute Gasteiger partial charge is 0.257 e. The van der Waals surface area contributed by atoms with Gasteiger partial charge in [-0.25, -0.2) is 0 Å². The lowest BCUT2D eigenvalue weighted by atomic mass is 10.1. The van der Waals surface area contributed by atoms with Gasteiger partial charge in [-0.15, -0.1) is 0 Å². The Balaban J connectivity index is 1.89. The fourth-order valence-corrected chi connectivity index (χ4v) is 2.67. The van der Waals surface area contributed by atoms with Gasteiger partial charge in [-0.3, -0.25) is 4.79 Å². The summed E-state index contributed by atoms with van der Waals surface area (Å²) in [6.45, 7) is 6.54. The number of hydrogen-bond donors (Lipinski definition) is 1. The monoisotopic (exact) mass is 274 g/mol. The average molecular weight is 274 g/mol. The zero-order valence-corrected chi connectivity index (χ0v) is 12.2. The van der Waals surface area contributed by atoms with Crippen molar-refractivity contribution in [1.29, 1.82) is 0 Å². The molecule has 1 aromatic rings. The normalized spacial score (nSPS) is 17.1. The molecule has 1 N–H and O–H groups in total. The molecular weight excluding hydrogens is 252 g/mol. The second-order valence-electron chi connectivity index (χ2n) is 6.04.